The molecule has 0 radical (unpaired) electrons. The lowest BCUT2D eigenvalue weighted by atomic mass is 9.96. The van der Waals surface area contributed by atoms with E-state index in [1.807, 2.05) is 0 Å². The van der Waals surface area contributed by atoms with Gasteiger partial charge in [-0.2, -0.15) is 11.8 Å². The molecule has 0 spiro atoms. The van der Waals surface area contributed by atoms with Crippen LogP contribution in [0, 0.1) is 5.92 Å². The molecular weight excluding hydrogens is 196 g/mol. The summed E-state index contributed by atoms with van der Waals surface area (Å²) in [4.78, 5) is 11.4. The van der Waals surface area contributed by atoms with E-state index in [0.29, 0.717) is 17.8 Å². The molecule has 2 heterocycles. The number of carbonyl (C=O) groups is 1. The first-order valence-electron chi connectivity index (χ1n) is 5.58. The summed E-state index contributed by atoms with van der Waals surface area (Å²) in [6, 6.07) is 0. The van der Waals surface area contributed by atoms with Gasteiger partial charge in [-0.3, -0.25) is 4.79 Å². The maximum Gasteiger partial charge on any atom is 0.146 e. The minimum absolute atomic E-state index is 0.338. The van der Waals surface area contributed by atoms with E-state index in [0.717, 1.165) is 31.0 Å². The van der Waals surface area contributed by atoms with Gasteiger partial charge >= 0.3 is 0 Å². The standard InChI is InChI=1S/C11H18O2S/c12-11-8-14-7-9(11)4-5-10-3-1-2-6-13-10/h9-10H,1-8H2. The smallest absolute Gasteiger partial charge is 0.146 e. The van der Waals surface area contributed by atoms with E-state index in [2.05, 4.69) is 0 Å². The molecule has 2 aliphatic heterocycles. The molecule has 0 bridgehead atoms. The summed E-state index contributed by atoms with van der Waals surface area (Å²) in [5, 5.41) is 0. The molecular formula is C11H18O2S. The molecule has 3 heteroatoms. The Morgan fingerprint density at radius 2 is 2.29 bits per heavy atom. The number of hydrogen-bond donors (Lipinski definition) is 0. The zero-order chi connectivity index (χ0) is 9.80. The average Bonchev–Trinajstić information content (AvgIpc) is 2.63. The molecule has 0 aromatic heterocycles. The molecule has 0 amide bonds. The highest BCUT2D eigenvalue weighted by Crippen LogP contribution is 2.26. The number of ketones is 1. The Labute approximate surface area is 89.8 Å². The van der Waals surface area contributed by atoms with Crippen molar-refractivity contribution in [1.82, 2.24) is 0 Å². The van der Waals surface area contributed by atoms with Gasteiger partial charge in [0, 0.05) is 18.3 Å². The van der Waals surface area contributed by atoms with Gasteiger partial charge in [0.15, 0.2) is 0 Å². The summed E-state index contributed by atoms with van der Waals surface area (Å²) in [6.45, 7) is 0.929. The Hall–Kier alpha value is -0.0200. The lowest BCUT2D eigenvalue weighted by molar-refractivity contribution is -0.119. The molecule has 2 unspecified atom stereocenters. The minimum Gasteiger partial charge on any atom is -0.378 e. The Morgan fingerprint density at radius 1 is 1.36 bits per heavy atom. The second kappa shape index (κ2) is 5.17. The van der Waals surface area contributed by atoms with Crippen molar-refractivity contribution in [3.63, 3.8) is 0 Å². The van der Waals surface area contributed by atoms with E-state index in [1.54, 1.807) is 11.8 Å². The van der Waals surface area contributed by atoms with Crippen LogP contribution in [0.5, 0.6) is 0 Å². The largest absolute Gasteiger partial charge is 0.378 e. The highest BCUT2D eigenvalue weighted by atomic mass is 32.2. The lowest BCUT2D eigenvalue weighted by Gasteiger charge is -2.23. The van der Waals surface area contributed by atoms with E-state index < -0.39 is 0 Å². The van der Waals surface area contributed by atoms with Gasteiger partial charge in [0.25, 0.3) is 0 Å². The number of hydrogen-bond acceptors (Lipinski definition) is 3. The molecule has 2 atom stereocenters. The van der Waals surface area contributed by atoms with Crippen molar-refractivity contribution in [2.75, 3.05) is 18.1 Å². The Balaban J connectivity index is 1.68. The number of ether oxygens (including phenoxy) is 1. The van der Waals surface area contributed by atoms with Crippen molar-refractivity contribution in [1.29, 1.82) is 0 Å². The van der Waals surface area contributed by atoms with Gasteiger partial charge in [0.2, 0.25) is 0 Å². The average molecular weight is 214 g/mol. The van der Waals surface area contributed by atoms with Crippen molar-refractivity contribution in [2.24, 2.45) is 5.92 Å². The van der Waals surface area contributed by atoms with Gasteiger partial charge in [-0.1, -0.05) is 0 Å². The SMILES string of the molecule is O=C1CSCC1CCC1CCCCO1. The monoisotopic (exact) mass is 214 g/mol. The van der Waals surface area contributed by atoms with Crippen molar-refractivity contribution in [3.05, 3.63) is 0 Å². The highest BCUT2D eigenvalue weighted by Gasteiger charge is 2.26. The molecule has 80 valence electrons. The van der Waals surface area contributed by atoms with Crippen molar-refractivity contribution in [2.45, 2.75) is 38.2 Å². The summed E-state index contributed by atoms with van der Waals surface area (Å²) in [5.41, 5.74) is 0. The first-order valence-corrected chi connectivity index (χ1v) is 6.74. The third kappa shape index (κ3) is 2.74. The predicted octanol–water partition coefficient (Wildman–Crippen LogP) is 2.27. The van der Waals surface area contributed by atoms with Crippen molar-refractivity contribution >= 4 is 17.5 Å². The number of thioether (sulfide) groups is 1. The molecule has 0 aliphatic carbocycles. The molecule has 2 saturated heterocycles. The molecule has 14 heavy (non-hydrogen) atoms. The third-order valence-corrected chi connectivity index (χ3v) is 4.26. The second-order valence-corrected chi connectivity index (χ2v) is 5.27. The van der Waals surface area contributed by atoms with Gasteiger partial charge in [0.05, 0.1) is 11.9 Å². The number of carbonyl (C=O) groups excluding carboxylic acids is 1. The van der Waals surface area contributed by atoms with E-state index in [-0.39, 0.29) is 0 Å². The maximum atomic E-state index is 11.4. The summed E-state index contributed by atoms with van der Waals surface area (Å²) in [6.07, 6.45) is 6.32. The quantitative estimate of drug-likeness (QED) is 0.721. The number of rotatable bonds is 3. The molecule has 2 nitrogen and oxygen atoms in total. The minimum atomic E-state index is 0.338. The lowest BCUT2D eigenvalue weighted by Crippen LogP contribution is -2.21. The van der Waals surface area contributed by atoms with Crippen molar-refractivity contribution in [3.8, 4) is 0 Å². The molecule has 0 saturated carbocycles. The van der Waals surface area contributed by atoms with Crippen LogP contribution < -0.4 is 0 Å². The van der Waals surface area contributed by atoms with Gasteiger partial charge in [-0.15, -0.1) is 0 Å². The van der Waals surface area contributed by atoms with E-state index >= 15 is 0 Å². The van der Waals surface area contributed by atoms with E-state index in [9.17, 15) is 4.79 Å². The molecule has 0 aromatic rings. The first-order chi connectivity index (χ1) is 6.86. The van der Waals surface area contributed by atoms with Crippen LogP contribution in [-0.2, 0) is 9.53 Å². The first kappa shape index (κ1) is 10.5. The van der Waals surface area contributed by atoms with Gasteiger partial charge in [-0.05, 0) is 32.1 Å². The second-order valence-electron chi connectivity index (χ2n) is 4.24. The van der Waals surface area contributed by atoms with Gasteiger partial charge in [0.1, 0.15) is 5.78 Å². The van der Waals surface area contributed by atoms with Gasteiger partial charge < -0.3 is 4.74 Å². The topological polar surface area (TPSA) is 26.3 Å². The summed E-state index contributed by atoms with van der Waals surface area (Å²) >= 11 is 1.79. The van der Waals surface area contributed by atoms with E-state index in [4.69, 9.17) is 4.74 Å². The Morgan fingerprint density at radius 3 is 2.93 bits per heavy atom. The maximum absolute atomic E-state index is 11.4. The zero-order valence-electron chi connectivity index (χ0n) is 8.54. The van der Waals surface area contributed by atoms with Crippen LogP contribution in [0.4, 0.5) is 0 Å². The fraction of sp³-hybridized carbons (Fsp3) is 0.909. The third-order valence-electron chi connectivity index (χ3n) is 3.13. The highest BCUT2D eigenvalue weighted by molar-refractivity contribution is 8.00. The fourth-order valence-corrected chi connectivity index (χ4v) is 3.37. The normalized spacial score (nSPS) is 33.6. The van der Waals surface area contributed by atoms with Crippen LogP contribution in [0.2, 0.25) is 0 Å². The molecule has 0 N–H and O–H groups in total. The van der Waals surface area contributed by atoms with Crippen LogP contribution in [0.1, 0.15) is 32.1 Å². The van der Waals surface area contributed by atoms with Crippen LogP contribution >= 0.6 is 11.8 Å². The van der Waals surface area contributed by atoms with Crippen LogP contribution in [-0.4, -0.2) is 30.0 Å². The summed E-state index contributed by atoms with van der Waals surface area (Å²) in [5.74, 6) is 2.60. The molecule has 2 rings (SSSR count). The number of Topliss-reactive ketones (excluding diaryl/α,β-unsaturated/α-hetero) is 1. The van der Waals surface area contributed by atoms with Crippen LogP contribution in [0.3, 0.4) is 0 Å². The predicted molar refractivity (Wildman–Crippen MR) is 58.6 cm³/mol. The molecule has 2 fully saturated rings. The van der Waals surface area contributed by atoms with Crippen molar-refractivity contribution < 1.29 is 9.53 Å². The Kier molecular flexibility index (Phi) is 3.88. The van der Waals surface area contributed by atoms with E-state index in [1.165, 1.54) is 19.3 Å². The zero-order valence-corrected chi connectivity index (χ0v) is 9.35. The van der Waals surface area contributed by atoms with Crippen LogP contribution in [0.25, 0.3) is 0 Å². The summed E-state index contributed by atoms with van der Waals surface area (Å²) in [7, 11) is 0. The van der Waals surface area contributed by atoms with Crippen LogP contribution in [0.15, 0.2) is 0 Å². The summed E-state index contributed by atoms with van der Waals surface area (Å²) < 4.78 is 5.65. The molecule has 0 aromatic carbocycles. The molecule has 2 aliphatic rings. The van der Waals surface area contributed by atoms with Gasteiger partial charge in [-0.25, -0.2) is 0 Å². The fourth-order valence-electron chi connectivity index (χ4n) is 2.18. The Bertz CT molecular complexity index is 199.